The fraction of sp³-hybridized carbons (Fsp3) is 0.429. The molecule has 0 unspecified atom stereocenters. The summed E-state index contributed by atoms with van der Waals surface area (Å²) in [5, 5.41) is 7.62. The van der Waals surface area contributed by atoms with Crippen LogP contribution in [0.2, 0.25) is 0 Å². The molecule has 0 amide bonds. The Morgan fingerprint density at radius 3 is 2.84 bits per heavy atom. The predicted molar refractivity (Wildman–Crippen MR) is 74.1 cm³/mol. The van der Waals surface area contributed by atoms with Crippen molar-refractivity contribution < 1.29 is 4.74 Å². The van der Waals surface area contributed by atoms with E-state index in [2.05, 4.69) is 29.2 Å². The van der Waals surface area contributed by atoms with Crippen LogP contribution in [-0.2, 0) is 13.1 Å². The Balaban J connectivity index is 2.12. The molecule has 0 aliphatic carbocycles. The molecule has 1 N–H and O–H groups in total. The maximum Gasteiger partial charge on any atom is 0.141 e. The van der Waals surface area contributed by atoms with Crippen LogP contribution in [-0.4, -0.2) is 27.9 Å². The molecule has 19 heavy (non-hydrogen) atoms. The Morgan fingerprint density at radius 1 is 1.32 bits per heavy atom. The molecule has 1 aromatic heterocycles. The van der Waals surface area contributed by atoms with Gasteiger partial charge < -0.3 is 10.1 Å². The molecule has 0 saturated carbocycles. The molecule has 5 heteroatoms. The smallest absolute Gasteiger partial charge is 0.141 e. The first-order valence-corrected chi connectivity index (χ1v) is 6.42. The van der Waals surface area contributed by atoms with Crippen LogP contribution in [0.4, 0.5) is 0 Å². The highest BCUT2D eigenvalue weighted by molar-refractivity contribution is 5.33. The fourth-order valence-corrected chi connectivity index (χ4v) is 1.85. The molecule has 5 nitrogen and oxygen atoms in total. The van der Waals surface area contributed by atoms with Crippen molar-refractivity contribution in [3.05, 3.63) is 42.0 Å². The summed E-state index contributed by atoms with van der Waals surface area (Å²) in [7, 11) is 1.68. The molecule has 0 bridgehead atoms. The number of hydrogen-bond acceptors (Lipinski definition) is 4. The third-order valence-corrected chi connectivity index (χ3v) is 2.88. The predicted octanol–water partition coefficient (Wildman–Crippen LogP) is 1.83. The Kier molecular flexibility index (Phi) is 4.52. The van der Waals surface area contributed by atoms with Crippen LogP contribution in [0, 0.1) is 0 Å². The lowest BCUT2D eigenvalue weighted by atomic mass is 10.2. The minimum absolute atomic E-state index is 0.427. The Bertz CT molecular complexity index is 522. The van der Waals surface area contributed by atoms with Gasteiger partial charge in [-0.05, 0) is 6.07 Å². The molecular weight excluding hydrogens is 240 g/mol. The van der Waals surface area contributed by atoms with Crippen molar-refractivity contribution in [1.82, 2.24) is 20.1 Å². The average molecular weight is 260 g/mol. The summed E-state index contributed by atoms with van der Waals surface area (Å²) in [5.41, 5.74) is 1.10. The molecule has 0 saturated heterocycles. The SMILES string of the molecule is COc1ccccc1Cn1ncnc1CNC(C)C. The van der Waals surface area contributed by atoms with Crippen molar-refractivity contribution in [2.24, 2.45) is 0 Å². The van der Waals surface area contributed by atoms with E-state index < -0.39 is 0 Å². The second kappa shape index (κ2) is 6.33. The van der Waals surface area contributed by atoms with Crippen LogP contribution >= 0.6 is 0 Å². The summed E-state index contributed by atoms with van der Waals surface area (Å²) >= 11 is 0. The van der Waals surface area contributed by atoms with E-state index in [4.69, 9.17) is 4.74 Å². The summed E-state index contributed by atoms with van der Waals surface area (Å²) in [4.78, 5) is 4.29. The number of aromatic nitrogens is 3. The number of rotatable bonds is 6. The zero-order valence-corrected chi connectivity index (χ0v) is 11.6. The van der Waals surface area contributed by atoms with Crippen molar-refractivity contribution in [2.45, 2.75) is 33.0 Å². The van der Waals surface area contributed by atoms with Gasteiger partial charge in [0.1, 0.15) is 17.9 Å². The lowest BCUT2D eigenvalue weighted by molar-refractivity contribution is 0.406. The first-order chi connectivity index (χ1) is 9.20. The number of nitrogens with one attached hydrogen (secondary N) is 1. The lowest BCUT2D eigenvalue weighted by Crippen LogP contribution is -2.24. The van der Waals surface area contributed by atoms with Gasteiger partial charge in [0, 0.05) is 11.6 Å². The van der Waals surface area contributed by atoms with Gasteiger partial charge in [0.2, 0.25) is 0 Å². The van der Waals surface area contributed by atoms with E-state index >= 15 is 0 Å². The summed E-state index contributed by atoms with van der Waals surface area (Å²) in [6.07, 6.45) is 1.59. The summed E-state index contributed by atoms with van der Waals surface area (Å²) in [6, 6.07) is 8.39. The number of para-hydroxylation sites is 1. The molecule has 102 valence electrons. The second-order valence-electron chi connectivity index (χ2n) is 4.68. The van der Waals surface area contributed by atoms with Gasteiger partial charge in [0.25, 0.3) is 0 Å². The third-order valence-electron chi connectivity index (χ3n) is 2.88. The van der Waals surface area contributed by atoms with Gasteiger partial charge in [-0.1, -0.05) is 32.0 Å². The van der Waals surface area contributed by atoms with E-state index in [9.17, 15) is 0 Å². The van der Waals surface area contributed by atoms with Gasteiger partial charge in [-0.15, -0.1) is 0 Å². The van der Waals surface area contributed by atoms with Gasteiger partial charge in [0.15, 0.2) is 0 Å². The average Bonchev–Trinajstić information content (AvgIpc) is 2.84. The highest BCUT2D eigenvalue weighted by Crippen LogP contribution is 2.18. The van der Waals surface area contributed by atoms with Crippen LogP contribution in [0.1, 0.15) is 25.2 Å². The van der Waals surface area contributed by atoms with E-state index in [-0.39, 0.29) is 0 Å². The summed E-state index contributed by atoms with van der Waals surface area (Å²) in [5.74, 6) is 1.81. The van der Waals surface area contributed by atoms with E-state index in [0.29, 0.717) is 19.1 Å². The van der Waals surface area contributed by atoms with Crippen molar-refractivity contribution in [2.75, 3.05) is 7.11 Å². The van der Waals surface area contributed by atoms with Crippen molar-refractivity contribution in [1.29, 1.82) is 0 Å². The Labute approximate surface area is 113 Å². The fourth-order valence-electron chi connectivity index (χ4n) is 1.85. The summed E-state index contributed by atoms with van der Waals surface area (Å²) in [6.45, 7) is 5.60. The van der Waals surface area contributed by atoms with Crippen molar-refractivity contribution in [3.8, 4) is 5.75 Å². The topological polar surface area (TPSA) is 52.0 Å². The highest BCUT2D eigenvalue weighted by Gasteiger charge is 2.08. The number of hydrogen-bond donors (Lipinski definition) is 1. The first-order valence-electron chi connectivity index (χ1n) is 6.42. The molecule has 2 rings (SSSR count). The molecule has 0 radical (unpaired) electrons. The molecule has 0 spiro atoms. The molecule has 0 atom stereocenters. The number of benzene rings is 1. The van der Waals surface area contributed by atoms with Gasteiger partial charge in [-0.2, -0.15) is 5.10 Å². The zero-order valence-electron chi connectivity index (χ0n) is 11.6. The third kappa shape index (κ3) is 3.54. The standard InChI is InChI=1S/C14H20N4O/c1-11(2)15-8-14-16-10-17-18(14)9-12-6-4-5-7-13(12)19-3/h4-7,10-11,15H,8-9H2,1-3H3. The minimum Gasteiger partial charge on any atom is -0.496 e. The molecule has 0 aliphatic heterocycles. The Morgan fingerprint density at radius 2 is 2.11 bits per heavy atom. The second-order valence-corrected chi connectivity index (χ2v) is 4.68. The van der Waals surface area contributed by atoms with E-state index in [0.717, 1.165) is 17.1 Å². The lowest BCUT2D eigenvalue weighted by Gasteiger charge is -2.11. The largest absolute Gasteiger partial charge is 0.496 e. The Hall–Kier alpha value is -1.88. The molecular formula is C14H20N4O. The van der Waals surface area contributed by atoms with Crippen molar-refractivity contribution >= 4 is 0 Å². The van der Waals surface area contributed by atoms with Crippen LogP contribution in [0.5, 0.6) is 5.75 Å². The molecule has 1 aromatic carbocycles. The van der Waals surface area contributed by atoms with Gasteiger partial charge in [0.05, 0.1) is 20.2 Å². The van der Waals surface area contributed by atoms with Gasteiger partial charge >= 0.3 is 0 Å². The van der Waals surface area contributed by atoms with E-state index in [1.54, 1.807) is 13.4 Å². The maximum absolute atomic E-state index is 5.36. The van der Waals surface area contributed by atoms with Crippen LogP contribution < -0.4 is 10.1 Å². The summed E-state index contributed by atoms with van der Waals surface area (Å²) < 4.78 is 7.25. The van der Waals surface area contributed by atoms with Crippen LogP contribution in [0.15, 0.2) is 30.6 Å². The number of ether oxygens (including phenoxy) is 1. The van der Waals surface area contributed by atoms with Crippen molar-refractivity contribution in [3.63, 3.8) is 0 Å². The molecule has 0 fully saturated rings. The quantitative estimate of drug-likeness (QED) is 0.861. The monoisotopic (exact) mass is 260 g/mol. The molecule has 0 aliphatic rings. The highest BCUT2D eigenvalue weighted by atomic mass is 16.5. The molecule has 2 aromatic rings. The van der Waals surface area contributed by atoms with Gasteiger partial charge in [-0.3, -0.25) is 0 Å². The number of methoxy groups -OCH3 is 1. The molecule has 1 heterocycles. The van der Waals surface area contributed by atoms with Crippen LogP contribution in [0.25, 0.3) is 0 Å². The maximum atomic E-state index is 5.36. The van der Waals surface area contributed by atoms with E-state index in [1.165, 1.54) is 0 Å². The van der Waals surface area contributed by atoms with Crippen LogP contribution in [0.3, 0.4) is 0 Å². The normalized spacial score (nSPS) is 10.9. The van der Waals surface area contributed by atoms with Gasteiger partial charge in [-0.25, -0.2) is 9.67 Å². The number of nitrogens with zero attached hydrogens (tertiary/aromatic N) is 3. The first kappa shape index (κ1) is 13.5. The zero-order chi connectivity index (χ0) is 13.7. The van der Waals surface area contributed by atoms with E-state index in [1.807, 2.05) is 28.9 Å². The minimum atomic E-state index is 0.427.